The molecule has 0 saturated carbocycles. The van der Waals surface area contributed by atoms with E-state index in [1.807, 2.05) is 0 Å². The Hall–Kier alpha value is -0.860. The highest BCUT2D eigenvalue weighted by atomic mass is 16.5. The molecule has 1 aliphatic heterocycles. The van der Waals surface area contributed by atoms with Gasteiger partial charge in [0, 0.05) is 19.3 Å². The summed E-state index contributed by atoms with van der Waals surface area (Å²) in [6.45, 7) is 1.94. The van der Waals surface area contributed by atoms with Crippen molar-refractivity contribution in [2.75, 3.05) is 20.3 Å². The summed E-state index contributed by atoms with van der Waals surface area (Å²) in [4.78, 5) is 0. The summed E-state index contributed by atoms with van der Waals surface area (Å²) in [5, 5.41) is 3.50. The minimum Gasteiger partial charge on any atom is -0.381 e. The zero-order valence-corrected chi connectivity index (χ0v) is 11.2. The minimum absolute atomic E-state index is 0.648. The van der Waals surface area contributed by atoms with Crippen molar-refractivity contribution in [3.8, 4) is 0 Å². The second-order valence-electron chi connectivity index (χ2n) is 5.79. The van der Waals surface area contributed by atoms with Gasteiger partial charge in [-0.25, -0.2) is 0 Å². The van der Waals surface area contributed by atoms with Gasteiger partial charge in [0.25, 0.3) is 0 Å². The Balaban J connectivity index is 1.55. The van der Waals surface area contributed by atoms with Crippen LogP contribution in [0.2, 0.25) is 0 Å². The van der Waals surface area contributed by atoms with E-state index in [1.54, 1.807) is 11.1 Å². The summed E-state index contributed by atoms with van der Waals surface area (Å²) < 4.78 is 5.48. The van der Waals surface area contributed by atoms with E-state index in [0.29, 0.717) is 6.04 Å². The predicted molar refractivity (Wildman–Crippen MR) is 73.9 cm³/mol. The third kappa shape index (κ3) is 2.45. The van der Waals surface area contributed by atoms with Crippen LogP contribution in [0.1, 0.15) is 36.3 Å². The van der Waals surface area contributed by atoms with E-state index in [0.717, 1.165) is 25.0 Å². The number of benzene rings is 1. The van der Waals surface area contributed by atoms with Gasteiger partial charge in [0.2, 0.25) is 0 Å². The van der Waals surface area contributed by atoms with E-state index in [2.05, 4.69) is 36.6 Å². The first-order valence-electron chi connectivity index (χ1n) is 7.19. The summed E-state index contributed by atoms with van der Waals surface area (Å²) in [5.74, 6) is 1.55. The molecular weight excluding hydrogens is 222 g/mol. The van der Waals surface area contributed by atoms with Gasteiger partial charge in [-0.05, 0) is 55.7 Å². The van der Waals surface area contributed by atoms with Crippen LogP contribution in [0.15, 0.2) is 24.3 Å². The van der Waals surface area contributed by atoms with Crippen LogP contribution in [0.3, 0.4) is 0 Å². The topological polar surface area (TPSA) is 21.3 Å². The van der Waals surface area contributed by atoms with E-state index < -0.39 is 0 Å². The first-order valence-corrected chi connectivity index (χ1v) is 7.19. The molecule has 1 aliphatic carbocycles. The third-order valence-corrected chi connectivity index (χ3v) is 4.58. The number of rotatable bonds is 5. The van der Waals surface area contributed by atoms with Crippen molar-refractivity contribution in [1.29, 1.82) is 0 Å². The highest BCUT2D eigenvalue weighted by Gasteiger charge is 2.29. The lowest BCUT2D eigenvalue weighted by Crippen LogP contribution is -2.32. The Morgan fingerprint density at radius 1 is 1.33 bits per heavy atom. The second-order valence-corrected chi connectivity index (χ2v) is 5.79. The molecule has 3 atom stereocenters. The van der Waals surface area contributed by atoms with Gasteiger partial charge in [0.05, 0.1) is 0 Å². The van der Waals surface area contributed by atoms with Crippen molar-refractivity contribution in [3.05, 3.63) is 35.4 Å². The number of ether oxygens (including phenoxy) is 1. The Morgan fingerprint density at radius 2 is 2.22 bits per heavy atom. The zero-order chi connectivity index (χ0) is 12.4. The molecule has 1 aromatic rings. The maximum atomic E-state index is 5.48. The van der Waals surface area contributed by atoms with Crippen LogP contribution in [0.25, 0.3) is 0 Å². The normalized spacial score (nSPS) is 27.6. The molecule has 18 heavy (non-hydrogen) atoms. The molecule has 1 heterocycles. The third-order valence-electron chi connectivity index (χ3n) is 4.58. The molecule has 1 saturated heterocycles. The first kappa shape index (κ1) is 12.2. The molecule has 0 spiro atoms. The van der Waals surface area contributed by atoms with E-state index in [1.165, 1.54) is 25.7 Å². The molecule has 3 unspecified atom stereocenters. The standard InChI is InChI=1S/C16H23NO/c1-17-15(8-12-6-7-18-11-12)10-14-9-13-4-2-3-5-16(13)14/h2-5,12,14-15,17H,6-11H2,1H3. The SMILES string of the molecule is CNC(CC1CCOC1)CC1Cc2ccccc21. The summed E-state index contributed by atoms with van der Waals surface area (Å²) in [6, 6.07) is 9.54. The largest absolute Gasteiger partial charge is 0.381 e. The number of fused-ring (bicyclic) bond motifs is 1. The average molecular weight is 245 g/mol. The fraction of sp³-hybridized carbons (Fsp3) is 0.625. The molecule has 0 bridgehead atoms. The summed E-state index contributed by atoms with van der Waals surface area (Å²) >= 11 is 0. The fourth-order valence-corrected chi connectivity index (χ4v) is 3.42. The fourth-order valence-electron chi connectivity index (χ4n) is 3.42. The van der Waals surface area contributed by atoms with Crippen molar-refractivity contribution in [3.63, 3.8) is 0 Å². The summed E-state index contributed by atoms with van der Waals surface area (Å²) in [5.41, 5.74) is 3.14. The van der Waals surface area contributed by atoms with Gasteiger partial charge in [-0.2, -0.15) is 0 Å². The maximum absolute atomic E-state index is 5.48. The quantitative estimate of drug-likeness (QED) is 0.861. The molecule has 98 valence electrons. The van der Waals surface area contributed by atoms with Gasteiger partial charge >= 0.3 is 0 Å². The van der Waals surface area contributed by atoms with Gasteiger partial charge in [0.1, 0.15) is 0 Å². The van der Waals surface area contributed by atoms with Gasteiger partial charge in [-0.15, -0.1) is 0 Å². The maximum Gasteiger partial charge on any atom is 0.0495 e. The molecule has 0 aromatic heterocycles. The molecule has 2 aliphatic rings. The van der Waals surface area contributed by atoms with Crippen LogP contribution in [0.4, 0.5) is 0 Å². The Kier molecular flexibility index (Phi) is 3.67. The Labute approximate surface area is 110 Å². The highest BCUT2D eigenvalue weighted by Crippen LogP contribution is 2.38. The van der Waals surface area contributed by atoms with Crippen molar-refractivity contribution in [1.82, 2.24) is 5.32 Å². The average Bonchev–Trinajstić information content (AvgIpc) is 2.87. The lowest BCUT2D eigenvalue weighted by molar-refractivity contribution is 0.180. The first-order chi connectivity index (χ1) is 8.86. The van der Waals surface area contributed by atoms with Crippen molar-refractivity contribution in [2.24, 2.45) is 5.92 Å². The van der Waals surface area contributed by atoms with E-state index in [4.69, 9.17) is 4.74 Å². The molecule has 1 fully saturated rings. The van der Waals surface area contributed by atoms with Crippen LogP contribution >= 0.6 is 0 Å². The Morgan fingerprint density at radius 3 is 2.94 bits per heavy atom. The summed E-state index contributed by atoms with van der Waals surface area (Å²) in [6.07, 6.45) is 5.08. The lowest BCUT2D eigenvalue weighted by atomic mass is 9.73. The summed E-state index contributed by atoms with van der Waals surface area (Å²) in [7, 11) is 2.10. The van der Waals surface area contributed by atoms with Crippen LogP contribution in [0.5, 0.6) is 0 Å². The van der Waals surface area contributed by atoms with Crippen LogP contribution < -0.4 is 5.32 Å². The molecular formula is C16H23NO. The minimum atomic E-state index is 0.648. The predicted octanol–water partition coefficient (Wildman–Crippen LogP) is 2.73. The van der Waals surface area contributed by atoms with Gasteiger partial charge in [-0.3, -0.25) is 0 Å². The highest BCUT2D eigenvalue weighted by molar-refractivity contribution is 5.39. The van der Waals surface area contributed by atoms with Crippen molar-refractivity contribution in [2.45, 2.75) is 37.6 Å². The monoisotopic (exact) mass is 245 g/mol. The van der Waals surface area contributed by atoms with E-state index in [-0.39, 0.29) is 0 Å². The molecule has 3 rings (SSSR count). The smallest absolute Gasteiger partial charge is 0.0495 e. The molecule has 1 aromatic carbocycles. The molecule has 2 nitrogen and oxygen atoms in total. The van der Waals surface area contributed by atoms with E-state index in [9.17, 15) is 0 Å². The Bertz CT molecular complexity index is 398. The van der Waals surface area contributed by atoms with Crippen LogP contribution in [-0.4, -0.2) is 26.3 Å². The van der Waals surface area contributed by atoms with Gasteiger partial charge in [-0.1, -0.05) is 24.3 Å². The molecule has 0 amide bonds. The van der Waals surface area contributed by atoms with Gasteiger partial charge in [0.15, 0.2) is 0 Å². The zero-order valence-electron chi connectivity index (χ0n) is 11.2. The number of hydrogen-bond donors (Lipinski definition) is 1. The van der Waals surface area contributed by atoms with Crippen LogP contribution in [0, 0.1) is 5.92 Å². The number of nitrogens with one attached hydrogen (secondary N) is 1. The van der Waals surface area contributed by atoms with Crippen molar-refractivity contribution < 1.29 is 4.74 Å². The van der Waals surface area contributed by atoms with E-state index >= 15 is 0 Å². The van der Waals surface area contributed by atoms with Crippen molar-refractivity contribution >= 4 is 0 Å². The molecule has 1 N–H and O–H groups in total. The molecule has 2 heteroatoms. The molecule has 0 radical (unpaired) electrons. The lowest BCUT2D eigenvalue weighted by Gasteiger charge is -2.33. The second kappa shape index (κ2) is 5.41. The van der Waals surface area contributed by atoms with Gasteiger partial charge < -0.3 is 10.1 Å². The van der Waals surface area contributed by atoms with Crippen LogP contribution in [-0.2, 0) is 11.2 Å². The number of hydrogen-bond acceptors (Lipinski definition) is 2.